The topological polar surface area (TPSA) is 39.9 Å². The summed E-state index contributed by atoms with van der Waals surface area (Å²) < 4.78 is 0. The standard InChI is InChI=1S/C15H19N3/c1-2-18(10-11-6-7-11)15-13(9-16)8-12-4-3-5-14(12)17-15/h8,11H,2-7,10H2,1H3. The Morgan fingerprint density at radius 1 is 1.44 bits per heavy atom. The largest absolute Gasteiger partial charge is 0.356 e. The lowest BCUT2D eigenvalue weighted by molar-refractivity contribution is 0.728. The molecule has 0 radical (unpaired) electrons. The molecule has 94 valence electrons. The highest BCUT2D eigenvalue weighted by molar-refractivity contribution is 5.56. The first-order valence-electron chi connectivity index (χ1n) is 6.99. The fourth-order valence-electron chi connectivity index (χ4n) is 2.76. The van der Waals surface area contributed by atoms with Gasteiger partial charge in [-0.2, -0.15) is 5.26 Å². The number of rotatable bonds is 4. The van der Waals surface area contributed by atoms with Crippen molar-refractivity contribution in [2.75, 3.05) is 18.0 Å². The summed E-state index contributed by atoms with van der Waals surface area (Å²) >= 11 is 0. The van der Waals surface area contributed by atoms with Crippen LogP contribution in [0.4, 0.5) is 5.82 Å². The zero-order chi connectivity index (χ0) is 12.5. The lowest BCUT2D eigenvalue weighted by atomic mass is 10.1. The van der Waals surface area contributed by atoms with E-state index >= 15 is 0 Å². The van der Waals surface area contributed by atoms with Gasteiger partial charge in [0.05, 0.1) is 5.56 Å². The van der Waals surface area contributed by atoms with Gasteiger partial charge >= 0.3 is 0 Å². The van der Waals surface area contributed by atoms with E-state index in [4.69, 9.17) is 4.98 Å². The average Bonchev–Trinajstić information content (AvgIpc) is 3.10. The minimum atomic E-state index is 0.762. The van der Waals surface area contributed by atoms with Crippen molar-refractivity contribution in [3.63, 3.8) is 0 Å². The number of hydrogen-bond acceptors (Lipinski definition) is 3. The minimum absolute atomic E-state index is 0.762. The highest BCUT2D eigenvalue weighted by atomic mass is 15.2. The van der Waals surface area contributed by atoms with Crippen LogP contribution in [0.1, 0.15) is 43.0 Å². The van der Waals surface area contributed by atoms with Gasteiger partial charge in [0.1, 0.15) is 11.9 Å². The molecule has 2 aliphatic carbocycles. The molecule has 0 aliphatic heterocycles. The van der Waals surface area contributed by atoms with E-state index in [1.54, 1.807) is 0 Å². The molecule has 1 saturated carbocycles. The summed E-state index contributed by atoms with van der Waals surface area (Å²) in [5, 5.41) is 9.33. The summed E-state index contributed by atoms with van der Waals surface area (Å²) in [6.07, 6.45) is 6.03. The van der Waals surface area contributed by atoms with E-state index < -0.39 is 0 Å². The molecule has 2 aliphatic rings. The van der Waals surface area contributed by atoms with E-state index in [0.29, 0.717) is 0 Å². The van der Waals surface area contributed by atoms with Gasteiger partial charge in [0.2, 0.25) is 0 Å². The molecule has 0 saturated heterocycles. The molecule has 0 aromatic carbocycles. The van der Waals surface area contributed by atoms with Gasteiger partial charge in [-0.25, -0.2) is 4.98 Å². The van der Waals surface area contributed by atoms with Crippen LogP contribution in [-0.2, 0) is 12.8 Å². The van der Waals surface area contributed by atoms with Gasteiger partial charge in [-0.1, -0.05) is 0 Å². The Hall–Kier alpha value is -1.56. The second kappa shape index (κ2) is 4.61. The van der Waals surface area contributed by atoms with E-state index in [9.17, 15) is 5.26 Å². The molecule has 3 heteroatoms. The van der Waals surface area contributed by atoms with E-state index in [-0.39, 0.29) is 0 Å². The van der Waals surface area contributed by atoms with Crippen molar-refractivity contribution >= 4 is 5.82 Å². The van der Waals surface area contributed by atoms with E-state index in [1.165, 1.54) is 30.5 Å². The van der Waals surface area contributed by atoms with Crippen LogP contribution in [0, 0.1) is 17.2 Å². The van der Waals surface area contributed by atoms with Crippen molar-refractivity contribution in [3.05, 3.63) is 22.9 Å². The van der Waals surface area contributed by atoms with Crippen molar-refractivity contribution in [1.29, 1.82) is 5.26 Å². The van der Waals surface area contributed by atoms with Crippen molar-refractivity contribution < 1.29 is 0 Å². The van der Waals surface area contributed by atoms with E-state index in [0.717, 1.165) is 43.2 Å². The van der Waals surface area contributed by atoms with Crippen LogP contribution < -0.4 is 4.90 Å². The van der Waals surface area contributed by atoms with Gasteiger partial charge < -0.3 is 4.90 Å². The molecular weight excluding hydrogens is 222 g/mol. The molecule has 0 spiro atoms. The first-order valence-corrected chi connectivity index (χ1v) is 6.99. The van der Waals surface area contributed by atoms with Crippen LogP contribution in [0.5, 0.6) is 0 Å². The fraction of sp³-hybridized carbons (Fsp3) is 0.600. The van der Waals surface area contributed by atoms with Gasteiger partial charge in [0, 0.05) is 18.8 Å². The Morgan fingerprint density at radius 2 is 2.28 bits per heavy atom. The minimum Gasteiger partial charge on any atom is -0.356 e. The molecule has 3 nitrogen and oxygen atoms in total. The van der Waals surface area contributed by atoms with Gasteiger partial charge in [-0.3, -0.25) is 0 Å². The summed E-state index contributed by atoms with van der Waals surface area (Å²) in [6, 6.07) is 4.40. The van der Waals surface area contributed by atoms with Crippen molar-refractivity contribution in [2.24, 2.45) is 5.92 Å². The second-order valence-electron chi connectivity index (χ2n) is 5.41. The van der Waals surface area contributed by atoms with Crippen molar-refractivity contribution in [1.82, 2.24) is 4.98 Å². The quantitative estimate of drug-likeness (QED) is 0.813. The number of aryl methyl sites for hydroxylation is 2. The molecule has 1 heterocycles. The highest BCUT2D eigenvalue weighted by Crippen LogP contribution is 2.33. The zero-order valence-electron chi connectivity index (χ0n) is 10.9. The van der Waals surface area contributed by atoms with Crippen LogP contribution in [0.3, 0.4) is 0 Å². The van der Waals surface area contributed by atoms with Crippen molar-refractivity contribution in [2.45, 2.75) is 39.0 Å². The molecule has 1 aromatic rings. The number of anilines is 1. The van der Waals surface area contributed by atoms with Gasteiger partial charge in [-0.05, 0) is 56.6 Å². The Kier molecular flexibility index (Phi) is 2.95. The molecule has 1 fully saturated rings. The van der Waals surface area contributed by atoms with Crippen LogP contribution in [-0.4, -0.2) is 18.1 Å². The first-order chi connectivity index (χ1) is 8.81. The van der Waals surface area contributed by atoms with Gasteiger partial charge in [0.15, 0.2) is 0 Å². The third-order valence-electron chi connectivity index (χ3n) is 4.01. The molecule has 3 rings (SSSR count). The monoisotopic (exact) mass is 241 g/mol. The number of nitrogens with zero attached hydrogens (tertiary/aromatic N) is 3. The summed E-state index contributed by atoms with van der Waals surface area (Å²) in [6.45, 7) is 4.16. The van der Waals surface area contributed by atoms with Crippen molar-refractivity contribution in [3.8, 4) is 6.07 Å². The van der Waals surface area contributed by atoms with Crippen LogP contribution in [0.2, 0.25) is 0 Å². The fourth-order valence-corrected chi connectivity index (χ4v) is 2.76. The lowest BCUT2D eigenvalue weighted by Crippen LogP contribution is -2.27. The third-order valence-corrected chi connectivity index (χ3v) is 4.01. The Balaban J connectivity index is 1.95. The number of nitriles is 1. The number of pyridine rings is 1. The SMILES string of the molecule is CCN(CC1CC1)c1nc2c(cc1C#N)CCC2. The third kappa shape index (κ3) is 2.08. The summed E-state index contributed by atoms with van der Waals surface area (Å²) in [4.78, 5) is 7.07. The normalized spacial score (nSPS) is 17.3. The molecule has 18 heavy (non-hydrogen) atoms. The molecule has 0 N–H and O–H groups in total. The zero-order valence-corrected chi connectivity index (χ0v) is 10.9. The molecule has 0 amide bonds. The predicted molar refractivity (Wildman–Crippen MR) is 71.6 cm³/mol. The summed E-state index contributed by atoms with van der Waals surface area (Å²) in [7, 11) is 0. The Morgan fingerprint density at radius 3 is 2.94 bits per heavy atom. The molecule has 0 unspecified atom stereocenters. The summed E-state index contributed by atoms with van der Waals surface area (Å²) in [5.41, 5.74) is 3.27. The molecule has 1 aromatic heterocycles. The Bertz CT molecular complexity index is 497. The molecule has 0 atom stereocenters. The van der Waals surface area contributed by atoms with Gasteiger partial charge in [0.25, 0.3) is 0 Å². The lowest BCUT2D eigenvalue weighted by Gasteiger charge is -2.23. The first kappa shape index (κ1) is 11.5. The Labute approximate surface area is 108 Å². The number of hydrogen-bond donors (Lipinski definition) is 0. The predicted octanol–water partition coefficient (Wildman–Crippen LogP) is 2.68. The van der Waals surface area contributed by atoms with Crippen LogP contribution >= 0.6 is 0 Å². The summed E-state index contributed by atoms with van der Waals surface area (Å²) in [5.74, 6) is 1.75. The maximum atomic E-state index is 9.33. The maximum Gasteiger partial charge on any atom is 0.146 e. The smallest absolute Gasteiger partial charge is 0.146 e. The second-order valence-corrected chi connectivity index (χ2v) is 5.41. The highest BCUT2D eigenvalue weighted by Gasteiger charge is 2.26. The van der Waals surface area contributed by atoms with E-state index in [1.807, 2.05) is 0 Å². The average molecular weight is 241 g/mol. The van der Waals surface area contributed by atoms with E-state index in [2.05, 4.69) is 24.0 Å². The van der Waals surface area contributed by atoms with Gasteiger partial charge in [-0.15, -0.1) is 0 Å². The molecular formula is C15H19N3. The molecule has 0 bridgehead atoms. The maximum absolute atomic E-state index is 9.33. The number of fused-ring (bicyclic) bond motifs is 1. The number of aromatic nitrogens is 1. The van der Waals surface area contributed by atoms with Crippen LogP contribution in [0.25, 0.3) is 0 Å². The van der Waals surface area contributed by atoms with Crippen LogP contribution in [0.15, 0.2) is 6.07 Å².